The molecule has 0 saturated heterocycles. The summed E-state index contributed by atoms with van der Waals surface area (Å²) in [7, 11) is -1.87. The van der Waals surface area contributed by atoms with E-state index >= 15 is 0 Å². The Labute approximate surface area is 223 Å². The van der Waals surface area contributed by atoms with Crippen molar-refractivity contribution in [2.75, 3.05) is 12.8 Å². The predicted octanol–water partition coefficient (Wildman–Crippen LogP) is 7.56. The molecular weight excluding hydrogens is 467 g/mol. The number of hydrogen-bond acceptors (Lipinski definition) is 1. The Morgan fingerprint density at radius 3 is 1.57 bits per heavy atom. The summed E-state index contributed by atoms with van der Waals surface area (Å²) in [5, 5.41) is 4.35. The maximum atomic E-state index is 6.18. The fourth-order valence-electron chi connectivity index (χ4n) is 5.98. The van der Waals surface area contributed by atoms with Gasteiger partial charge in [0, 0.05) is 0 Å². The maximum Gasteiger partial charge on any atom is 0.116 e. The number of ether oxygens (including phenoxy) is 1. The highest BCUT2D eigenvalue weighted by Crippen LogP contribution is 2.59. The normalized spacial score (nSPS) is 18.2. The van der Waals surface area contributed by atoms with Crippen molar-refractivity contribution in [3.05, 3.63) is 138 Å². The van der Waals surface area contributed by atoms with Gasteiger partial charge in [-0.05, 0) is 72.2 Å². The van der Waals surface area contributed by atoms with Crippen LogP contribution in [0.15, 0.2) is 132 Å². The second-order valence-electron chi connectivity index (χ2n) is 10.9. The Hall–Kier alpha value is -2.99. The van der Waals surface area contributed by atoms with Gasteiger partial charge in [0.05, 0.1) is 19.4 Å². The Morgan fingerprint density at radius 2 is 1.14 bits per heavy atom. The topological polar surface area (TPSA) is 9.23 Å². The van der Waals surface area contributed by atoms with Crippen LogP contribution in [-0.2, 0) is 11.3 Å². The van der Waals surface area contributed by atoms with Gasteiger partial charge in [-0.2, -0.15) is 0 Å². The van der Waals surface area contributed by atoms with E-state index in [2.05, 4.69) is 142 Å². The first-order valence-corrected chi connectivity index (χ1v) is 15.3. The number of hydrogen-bond donors (Lipinski definition) is 0. The predicted molar refractivity (Wildman–Crippen MR) is 161 cm³/mol. The summed E-state index contributed by atoms with van der Waals surface area (Å²) in [6, 6.07) is 44.2. The molecule has 4 aromatic rings. The van der Waals surface area contributed by atoms with Gasteiger partial charge in [-0.1, -0.05) is 104 Å². The van der Waals surface area contributed by atoms with Crippen LogP contribution in [0.3, 0.4) is 0 Å². The van der Waals surface area contributed by atoms with Gasteiger partial charge in [0.25, 0.3) is 0 Å². The van der Waals surface area contributed by atoms with Gasteiger partial charge in [-0.15, -0.1) is 0 Å². The Bertz CT molecular complexity index is 1210. The lowest BCUT2D eigenvalue weighted by molar-refractivity contribution is 0.0189. The molecule has 1 nitrogen and oxygen atoms in total. The molecule has 0 aromatic heterocycles. The molecule has 1 unspecified atom stereocenters. The van der Waals surface area contributed by atoms with Crippen LogP contribution in [0.25, 0.3) is 0 Å². The van der Waals surface area contributed by atoms with E-state index in [-0.39, 0.29) is 5.41 Å². The summed E-state index contributed by atoms with van der Waals surface area (Å²) in [6.45, 7) is 8.73. The number of benzene rings is 4. The van der Waals surface area contributed by atoms with Crippen LogP contribution < -0.4 is 15.9 Å². The summed E-state index contributed by atoms with van der Waals surface area (Å²) >= 11 is 0. The standard InChI is InChI=1S/C35H38OP/c1-28(34-24-30(35(34,2)3)26-36-25-29-16-8-4-9-17-29)27-37(31-18-10-5-11-19-31,32-20-12-6-13-21-32)33-22-14-7-15-23-33/h4-23,30H,24-27H2,1-3H3/q+1. The molecule has 37 heavy (non-hydrogen) atoms. The van der Waals surface area contributed by atoms with Crippen LogP contribution in [0, 0.1) is 11.3 Å². The van der Waals surface area contributed by atoms with E-state index in [1.807, 2.05) is 0 Å². The van der Waals surface area contributed by atoms with E-state index in [1.165, 1.54) is 21.5 Å². The third kappa shape index (κ3) is 5.22. The van der Waals surface area contributed by atoms with E-state index in [1.54, 1.807) is 11.1 Å². The molecule has 0 amide bonds. The van der Waals surface area contributed by atoms with Gasteiger partial charge in [-0.25, -0.2) is 0 Å². The summed E-state index contributed by atoms with van der Waals surface area (Å²) in [5.41, 5.74) is 4.57. The quantitative estimate of drug-likeness (QED) is 0.168. The second-order valence-corrected chi connectivity index (χ2v) is 14.3. The number of allylic oxidation sites excluding steroid dienone is 2. The highest BCUT2D eigenvalue weighted by molar-refractivity contribution is 7.95. The molecule has 4 aromatic carbocycles. The molecule has 1 aliphatic carbocycles. The lowest BCUT2D eigenvalue weighted by atomic mass is 9.58. The molecule has 0 radical (unpaired) electrons. The molecule has 5 rings (SSSR count). The lowest BCUT2D eigenvalue weighted by Gasteiger charge is -2.49. The highest BCUT2D eigenvalue weighted by atomic mass is 31.2. The van der Waals surface area contributed by atoms with Gasteiger partial charge in [-0.3, -0.25) is 0 Å². The fourth-order valence-corrected chi connectivity index (χ4v) is 10.4. The first-order valence-electron chi connectivity index (χ1n) is 13.4. The zero-order valence-corrected chi connectivity index (χ0v) is 23.2. The van der Waals surface area contributed by atoms with E-state index in [0.717, 1.165) is 19.2 Å². The van der Waals surface area contributed by atoms with Crippen molar-refractivity contribution in [1.29, 1.82) is 0 Å². The summed E-state index contributed by atoms with van der Waals surface area (Å²) in [4.78, 5) is 0. The molecule has 0 bridgehead atoms. The molecule has 0 N–H and O–H groups in total. The molecule has 0 aliphatic heterocycles. The van der Waals surface area contributed by atoms with Crippen molar-refractivity contribution in [3.8, 4) is 0 Å². The smallest absolute Gasteiger partial charge is 0.116 e. The van der Waals surface area contributed by atoms with Crippen LogP contribution in [-0.4, -0.2) is 12.8 Å². The Morgan fingerprint density at radius 1 is 0.703 bits per heavy atom. The van der Waals surface area contributed by atoms with Crippen molar-refractivity contribution < 1.29 is 4.74 Å². The van der Waals surface area contributed by atoms with Gasteiger partial charge in [0.15, 0.2) is 0 Å². The SMILES string of the molecule is CC(C[P+](c1ccccc1)(c1ccccc1)c1ccccc1)=C1CC(COCc2ccccc2)C1(C)C. The fraction of sp³-hybridized carbons (Fsp3) is 0.257. The van der Waals surface area contributed by atoms with Crippen molar-refractivity contribution in [3.63, 3.8) is 0 Å². The van der Waals surface area contributed by atoms with Gasteiger partial charge >= 0.3 is 0 Å². The second kappa shape index (κ2) is 11.2. The Kier molecular flexibility index (Phi) is 7.75. The molecule has 1 aliphatic rings. The minimum Gasteiger partial charge on any atom is -0.376 e. The highest BCUT2D eigenvalue weighted by Gasteiger charge is 2.49. The average molecular weight is 506 g/mol. The van der Waals surface area contributed by atoms with Crippen LogP contribution in [0.5, 0.6) is 0 Å². The molecular formula is C35H38OP+. The van der Waals surface area contributed by atoms with Crippen molar-refractivity contribution >= 4 is 23.2 Å². The third-order valence-electron chi connectivity index (χ3n) is 8.26. The summed E-state index contributed by atoms with van der Waals surface area (Å²) < 4.78 is 6.18. The molecule has 0 spiro atoms. The van der Waals surface area contributed by atoms with Crippen molar-refractivity contribution in [2.45, 2.75) is 33.8 Å². The van der Waals surface area contributed by atoms with Crippen LogP contribution >= 0.6 is 7.26 Å². The minimum atomic E-state index is -1.87. The molecule has 2 heteroatoms. The maximum absolute atomic E-state index is 6.18. The zero-order valence-electron chi connectivity index (χ0n) is 22.3. The Balaban J connectivity index is 1.46. The van der Waals surface area contributed by atoms with Crippen LogP contribution in [0.1, 0.15) is 32.8 Å². The molecule has 0 heterocycles. The van der Waals surface area contributed by atoms with Gasteiger partial charge in [0.1, 0.15) is 23.2 Å². The summed E-state index contributed by atoms with van der Waals surface area (Å²) in [6.07, 6.45) is 2.20. The van der Waals surface area contributed by atoms with Crippen LogP contribution in [0.2, 0.25) is 0 Å². The third-order valence-corrected chi connectivity index (χ3v) is 12.7. The van der Waals surface area contributed by atoms with E-state index in [0.29, 0.717) is 12.5 Å². The van der Waals surface area contributed by atoms with E-state index < -0.39 is 7.26 Å². The summed E-state index contributed by atoms with van der Waals surface area (Å²) in [5.74, 6) is 0.555. The molecule has 188 valence electrons. The average Bonchev–Trinajstić information content (AvgIpc) is 2.95. The molecule has 1 fully saturated rings. The van der Waals surface area contributed by atoms with Gasteiger partial charge in [0.2, 0.25) is 0 Å². The van der Waals surface area contributed by atoms with Gasteiger partial charge < -0.3 is 4.74 Å². The first kappa shape index (κ1) is 25.7. The molecule has 1 atom stereocenters. The van der Waals surface area contributed by atoms with Crippen molar-refractivity contribution in [2.24, 2.45) is 11.3 Å². The number of rotatable bonds is 9. The monoisotopic (exact) mass is 505 g/mol. The first-order chi connectivity index (χ1) is 18.0. The lowest BCUT2D eigenvalue weighted by Crippen LogP contribution is -2.42. The van der Waals surface area contributed by atoms with Crippen molar-refractivity contribution in [1.82, 2.24) is 0 Å². The van der Waals surface area contributed by atoms with E-state index in [4.69, 9.17) is 4.74 Å². The zero-order chi connectivity index (χ0) is 25.7. The van der Waals surface area contributed by atoms with Crippen LogP contribution in [0.4, 0.5) is 0 Å². The van der Waals surface area contributed by atoms with E-state index in [9.17, 15) is 0 Å². The largest absolute Gasteiger partial charge is 0.376 e. The minimum absolute atomic E-state index is 0.153. The molecule has 1 saturated carbocycles.